The van der Waals surface area contributed by atoms with Crippen LogP contribution in [0.3, 0.4) is 0 Å². The van der Waals surface area contributed by atoms with Crippen LogP contribution in [0.4, 0.5) is 14.5 Å². The van der Waals surface area contributed by atoms with Crippen LogP contribution in [-0.2, 0) is 16.1 Å². The maximum atomic E-state index is 15.7. The van der Waals surface area contributed by atoms with Crippen LogP contribution >= 0.6 is 0 Å². The van der Waals surface area contributed by atoms with Crippen molar-refractivity contribution >= 4 is 23.4 Å². The third-order valence-electron chi connectivity index (χ3n) is 10.0. The van der Waals surface area contributed by atoms with Crippen molar-refractivity contribution in [3.63, 3.8) is 0 Å². The molecule has 5 rings (SSSR count). The molecule has 3 atom stereocenters. The number of hydrogen-bond acceptors (Lipinski definition) is 6. The number of anilines is 1. The van der Waals surface area contributed by atoms with Gasteiger partial charge < -0.3 is 20.9 Å². The maximum absolute atomic E-state index is 15.7. The Bertz CT molecular complexity index is 1360. The Balaban J connectivity index is 1.31. The van der Waals surface area contributed by atoms with Crippen molar-refractivity contribution in [3.05, 3.63) is 47.5 Å². The standard InChI is InChI=1S/C34H49F2N7O3/c1-4-43-29(13-16-37-43)31(44)40-30(24-9-7-5-6-8-10-24)32(45)38-27-12-11-25(21-26(27)35)23(2)28(39-33(46)34(36)14-15-34)22-42-19-17-41(3)18-20-42/h11-13,16,21,23-24,28,30H,4-10,14-15,17-20,22H2,1-3H3,(H,38,45)(H,39,46)(H,40,44)/t23-,28-,30-/m0/s1. The maximum Gasteiger partial charge on any atom is 0.270 e. The van der Waals surface area contributed by atoms with Crippen LogP contribution in [0, 0.1) is 11.7 Å². The van der Waals surface area contributed by atoms with Gasteiger partial charge in [-0.15, -0.1) is 0 Å². The smallest absolute Gasteiger partial charge is 0.270 e. The first kappa shape index (κ1) is 34.0. The summed E-state index contributed by atoms with van der Waals surface area (Å²) in [6.45, 7) is 8.29. The van der Waals surface area contributed by atoms with E-state index in [-0.39, 0.29) is 36.3 Å². The molecule has 3 amide bonds. The summed E-state index contributed by atoms with van der Waals surface area (Å²) in [5.41, 5.74) is -0.774. The van der Waals surface area contributed by atoms with E-state index in [0.717, 1.165) is 64.7 Å². The summed E-state index contributed by atoms with van der Waals surface area (Å²) >= 11 is 0. The van der Waals surface area contributed by atoms with Gasteiger partial charge in [-0.25, -0.2) is 8.78 Å². The van der Waals surface area contributed by atoms with E-state index in [4.69, 9.17) is 0 Å². The number of likely N-dealkylation sites (N-methyl/N-ethyl adjacent to an activating group) is 1. The van der Waals surface area contributed by atoms with Crippen LogP contribution in [0.25, 0.3) is 0 Å². The Morgan fingerprint density at radius 3 is 2.35 bits per heavy atom. The Morgan fingerprint density at radius 2 is 1.72 bits per heavy atom. The Labute approximate surface area is 270 Å². The SMILES string of the molecule is CCn1nccc1C(=O)N[C@H](C(=O)Nc1ccc([C@H](C)[C@H](CN2CCN(C)CC2)NC(=O)C2(F)CC2)cc1F)C1CCCCCC1. The number of carbonyl (C=O) groups is 3. The zero-order valence-electron chi connectivity index (χ0n) is 27.4. The predicted molar refractivity (Wildman–Crippen MR) is 173 cm³/mol. The molecule has 0 radical (unpaired) electrons. The molecule has 252 valence electrons. The fraction of sp³-hybridized carbons (Fsp3) is 0.647. The molecular weight excluding hydrogens is 592 g/mol. The number of alkyl halides is 1. The van der Waals surface area contributed by atoms with Crippen molar-refractivity contribution < 1.29 is 23.2 Å². The summed E-state index contributed by atoms with van der Waals surface area (Å²) in [4.78, 5) is 44.2. The number of aromatic nitrogens is 2. The van der Waals surface area contributed by atoms with E-state index >= 15 is 4.39 Å². The molecule has 3 N–H and O–H groups in total. The number of nitrogens with one attached hydrogen (secondary N) is 3. The number of hydrogen-bond donors (Lipinski definition) is 3. The van der Waals surface area contributed by atoms with Gasteiger partial charge in [0.25, 0.3) is 11.8 Å². The zero-order chi connectivity index (χ0) is 32.8. The minimum Gasteiger partial charge on any atom is -0.349 e. The number of amides is 3. The second-order valence-corrected chi connectivity index (χ2v) is 13.4. The first-order valence-electron chi connectivity index (χ1n) is 16.9. The van der Waals surface area contributed by atoms with Gasteiger partial charge in [0.2, 0.25) is 5.91 Å². The molecule has 3 aliphatic rings. The molecule has 2 aliphatic carbocycles. The third kappa shape index (κ3) is 8.31. The molecule has 0 bridgehead atoms. The van der Waals surface area contributed by atoms with Crippen LogP contribution in [0.5, 0.6) is 0 Å². The second kappa shape index (κ2) is 15.0. The van der Waals surface area contributed by atoms with Gasteiger partial charge in [-0.2, -0.15) is 5.10 Å². The van der Waals surface area contributed by atoms with Crippen molar-refractivity contribution in [2.45, 2.75) is 95.4 Å². The quantitative estimate of drug-likeness (QED) is 0.301. The second-order valence-electron chi connectivity index (χ2n) is 13.4. The number of carbonyl (C=O) groups excluding carboxylic acids is 3. The van der Waals surface area contributed by atoms with Crippen molar-refractivity contribution in [1.29, 1.82) is 0 Å². The lowest BCUT2D eigenvalue weighted by Gasteiger charge is -2.37. The monoisotopic (exact) mass is 641 g/mol. The van der Waals surface area contributed by atoms with Gasteiger partial charge in [0.15, 0.2) is 5.67 Å². The van der Waals surface area contributed by atoms with Crippen molar-refractivity contribution in [1.82, 2.24) is 30.2 Å². The summed E-state index contributed by atoms with van der Waals surface area (Å²) in [7, 11) is 2.07. The van der Waals surface area contributed by atoms with E-state index in [1.54, 1.807) is 23.0 Å². The van der Waals surface area contributed by atoms with Gasteiger partial charge in [-0.1, -0.05) is 38.7 Å². The molecule has 0 unspecified atom stereocenters. The molecule has 2 aromatic rings. The van der Waals surface area contributed by atoms with Crippen LogP contribution in [0.15, 0.2) is 30.5 Å². The van der Waals surface area contributed by atoms with E-state index in [0.29, 0.717) is 24.3 Å². The predicted octanol–water partition coefficient (Wildman–Crippen LogP) is 4.09. The molecule has 46 heavy (non-hydrogen) atoms. The highest BCUT2D eigenvalue weighted by molar-refractivity contribution is 6.00. The Hall–Kier alpha value is -3.38. The zero-order valence-corrected chi connectivity index (χ0v) is 27.4. The summed E-state index contributed by atoms with van der Waals surface area (Å²) < 4.78 is 31.9. The number of nitrogens with zero attached hydrogens (tertiary/aromatic N) is 4. The first-order valence-corrected chi connectivity index (χ1v) is 16.9. The first-order chi connectivity index (χ1) is 22.1. The molecule has 2 saturated carbocycles. The molecule has 12 heteroatoms. The van der Waals surface area contributed by atoms with E-state index in [2.05, 4.69) is 37.9 Å². The fourth-order valence-electron chi connectivity index (χ4n) is 6.67. The van der Waals surface area contributed by atoms with Crippen molar-refractivity contribution in [2.24, 2.45) is 5.92 Å². The van der Waals surface area contributed by atoms with Crippen LogP contribution in [0.1, 0.15) is 87.2 Å². The summed E-state index contributed by atoms with van der Waals surface area (Å²) in [5, 5.41) is 12.8. The van der Waals surface area contributed by atoms with Crippen LogP contribution < -0.4 is 16.0 Å². The van der Waals surface area contributed by atoms with E-state index < -0.39 is 35.4 Å². The van der Waals surface area contributed by atoms with Gasteiger partial charge in [-0.05, 0) is 69.3 Å². The van der Waals surface area contributed by atoms with Gasteiger partial charge >= 0.3 is 0 Å². The highest BCUT2D eigenvalue weighted by atomic mass is 19.1. The summed E-state index contributed by atoms with van der Waals surface area (Å²) in [6, 6.07) is 5.03. The number of halogens is 2. The number of aryl methyl sites for hydroxylation is 1. The number of rotatable bonds is 12. The van der Waals surface area contributed by atoms with Crippen LogP contribution in [0.2, 0.25) is 0 Å². The van der Waals surface area contributed by atoms with Gasteiger partial charge in [-0.3, -0.25) is 24.0 Å². The highest BCUT2D eigenvalue weighted by Crippen LogP contribution is 2.40. The van der Waals surface area contributed by atoms with E-state index in [9.17, 15) is 18.8 Å². The number of piperazine rings is 1. The normalized spacial score (nSPS) is 21.1. The molecular formula is C34H49F2N7O3. The lowest BCUT2D eigenvalue weighted by atomic mass is 9.90. The molecule has 3 fully saturated rings. The highest BCUT2D eigenvalue weighted by Gasteiger charge is 2.51. The lowest BCUT2D eigenvalue weighted by Crippen LogP contribution is -2.53. The van der Waals surface area contributed by atoms with Gasteiger partial charge in [0.1, 0.15) is 17.6 Å². The molecule has 1 aromatic heterocycles. The van der Waals surface area contributed by atoms with Gasteiger partial charge in [0, 0.05) is 57.4 Å². The minimum absolute atomic E-state index is 0.0211. The molecule has 1 aromatic carbocycles. The Kier molecular flexibility index (Phi) is 11.1. The third-order valence-corrected chi connectivity index (χ3v) is 10.0. The molecule has 1 aliphatic heterocycles. The lowest BCUT2D eigenvalue weighted by molar-refractivity contribution is -0.128. The van der Waals surface area contributed by atoms with E-state index in [1.165, 1.54) is 12.1 Å². The number of benzene rings is 1. The average Bonchev–Trinajstić information content (AvgIpc) is 3.72. The summed E-state index contributed by atoms with van der Waals surface area (Å²) in [5.74, 6) is -2.44. The molecule has 1 saturated heterocycles. The molecule has 10 nitrogen and oxygen atoms in total. The minimum atomic E-state index is -1.81. The fourth-order valence-corrected chi connectivity index (χ4v) is 6.67. The van der Waals surface area contributed by atoms with Crippen LogP contribution in [-0.4, -0.2) is 94.8 Å². The average molecular weight is 642 g/mol. The van der Waals surface area contributed by atoms with Gasteiger partial charge in [0.05, 0.1) is 5.69 Å². The largest absolute Gasteiger partial charge is 0.349 e. The molecule has 0 spiro atoms. The van der Waals surface area contributed by atoms with Crippen molar-refractivity contribution in [2.75, 3.05) is 45.1 Å². The van der Waals surface area contributed by atoms with Crippen molar-refractivity contribution in [3.8, 4) is 0 Å². The topological polar surface area (TPSA) is 112 Å². The Morgan fingerprint density at radius 1 is 1.02 bits per heavy atom. The summed E-state index contributed by atoms with van der Waals surface area (Å²) in [6.07, 6.45) is 7.69. The van der Waals surface area contributed by atoms with E-state index in [1.807, 2.05) is 13.8 Å². The molecule has 2 heterocycles.